The second kappa shape index (κ2) is 11.0. The van der Waals surface area contributed by atoms with Crippen molar-refractivity contribution in [3.8, 4) is 0 Å². The maximum Gasteiger partial charge on any atom is 0.241 e. The first-order chi connectivity index (χ1) is 14.8. The van der Waals surface area contributed by atoms with Crippen LogP contribution in [0.4, 0.5) is 0 Å². The zero-order valence-electron chi connectivity index (χ0n) is 17.8. The van der Waals surface area contributed by atoms with Crippen molar-refractivity contribution in [2.75, 3.05) is 39.4 Å². The lowest BCUT2D eigenvalue weighted by molar-refractivity contribution is -0.136. The van der Waals surface area contributed by atoms with E-state index in [9.17, 15) is 18.0 Å². The van der Waals surface area contributed by atoms with Gasteiger partial charge in [-0.1, -0.05) is 17.7 Å². The van der Waals surface area contributed by atoms with E-state index < -0.39 is 22.5 Å². The average Bonchev–Trinajstić information content (AvgIpc) is 3.44. The summed E-state index contributed by atoms with van der Waals surface area (Å²) in [5.41, 5.74) is 0.937. The van der Waals surface area contributed by atoms with E-state index in [1.54, 1.807) is 12.1 Å². The van der Waals surface area contributed by atoms with Crippen LogP contribution >= 0.6 is 0 Å². The number of ether oxygens (including phenoxy) is 2. The molecule has 1 aromatic carbocycles. The molecule has 1 aromatic rings. The Balaban J connectivity index is 1.56. The molecule has 31 heavy (non-hydrogen) atoms. The minimum Gasteiger partial charge on any atom is -0.376 e. The molecule has 0 aromatic heterocycles. The molecule has 2 fully saturated rings. The molecule has 2 saturated heterocycles. The van der Waals surface area contributed by atoms with Gasteiger partial charge in [-0.15, -0.1) is 0 Å². The highest BCUT2D eigenvalue weighted by Crippen LogP contribution is 2.14. The van der Waals surface area contributed by atoms with Crippen molar-refractivity contribution in [2.24, 2.45) is 0 Å². The number of hydrogen-bond acceptors (Lipinski definition) is 6. The molecule has 0 saturated carbocycles. The largest absolute Gasteiger partial charge is 0.376 e. The van der Waals surface area contributed by atoms with Crippen molar-refractivity contribution in [1.29, 1.82) is 0 Å². The Labute approximate surface area is 183 Å². The zero-order chi connectivity index (χ0) is 22.3. The maximum atomic E-state index is 12.8. The first kappa shape index (κ1) is 23.6. The molecule has 0 radical (unpaired) electrons. The minimum atomic E-state index is -3.83. The molecule has 2 aliphatic heterocycles. The summed E-state index contributed by atoms with van der Waals surface area (Å²) >= 11 is 0. The van der Waals surface area contributed by atoms with Crippen molar-refractivity contribution in [3.05, 3.63) is 29.8 Å². The van der Waals surface area contributed by atoms with Crippen LogP contribution in [0.3, 0.4) is 0 Å². The highest BCUT2D eigenvalue weighted by atomic mass is 32.2. The molecule has 10 heteroatoms. The van der Waals surface area contributed by atoms with E-state index in [1.165, 1.54) is 17.0 Å². The number of amides is 2. The number of carbonyl (C=O) groups is 2. The van der Waals surface area contributed by atoms with E-state index in [0.717, 1.165) is 31.2 Å². The summed E-state index contributed by atoms with van der Waals surface area (Å²) in [6.45, 7) is 3.25. The lowest BCUT2D eigenvalue weighted by Crippen LogP contribution is -2.48. The topological polar surface area (TPSA) is 114 Å². The van der Waals surface area contributed by atoms with Gasteiger partial charge in [-0.05, 0) is 44.7 Å². The molecule has 2 aliphatic rings. The molecular weight excluding hydrogens is 422 g/mol. The number of benzene rings is 1. The molecule has 0 spiro atoms. The van der Waals surface area contributed by atoms with Gasteiger partial charge in [0.15, 0.2) is 0 Å². The second-order valence-corrected chi connectivity index (χ2v) is 9.75. The third-order valence-electron chi connectivity index (χ3n) is 5.43. The molecule has 0 bridgehead atoms. The lowest BCUT2D eigenvalue weighted by Gasteiger charge is -2.25. The van der Waals surface area contributed by atoms with Crippen molar-refractivity contribution >= 4 is 21.8 Å². The molecule has 2 amide bonds. The third-order valence-corrected chi connectivity index (χ3v) is 6.85. The standard InChI is InChI=1S/C21H31N3O6S/c1-16-6-8-19(9-7-16)31(27,28)23-13-21(26)24(14-18-5-3-11-30-18)15-20(25)22-12-17-4-2-10-29-17/h6-9,17-18,23H,2-5,10-15H2,1H3,(H,22,25)/t17-,18+/m1/s1. The van der Waals surface area contributed by atoms with Gasteiger partial charge in [-0.2, -0.15) is 0 Å². The molecule has 9 nitrogen and oxygen atoms in total. The molecule has 0 aliphatic carbocycles. The molecule has 0 unspecified atom stereocenters. The Kier molecular flexibility index (Phi) is 8.42. The van der Waals surface area contributed by atoms with E-state index in [0.29, 0.717) is 19.8 Å². The number of sulfonamides is 1. The third kappa shape index (κ3) is 7.27. The van der Waals surface area contributed by atoms with Crippen LogP contribution in [0, 0.1) is 6.92 Å². The second-order valence-electron chi connectivity index (χ2n) is 7.99. The first-order valence-corrected chi connectivity index (χ1v) is 12.2. The normalized spacial score (nSPS) is 21.2. The average molecular weight is 454 g/mol. The van der Waals surface area contributed by atoms with Gasteiger partial charge in [-0.3, -0.25) is 9.59 Å². The van der Waals surface area contributed by atoms with E-state index >= 15 is 0 Å². The summed E-state index contributed by atoms with van der Waals surface area (Å²) in [6, 6.07) is 6.37. The number of nitrogens with zero attached hydrogens (tertiary/aromatic N) is 1. The molecule has 172 valence electrons. The maximum absolute atomic E-state index is 12.8. The number of aryl methyl sites for hydroxylation is 1. The first-order valence-electron chi connectivity index (χ1n) is 10.7. The quantitative estimate of drug-likeness (QED) is 0.536. The monoisotopic (exact) mass is 453 g/mol. The molecular formula is C21H31N3O6S. The van der Waals surface area contributed by atoms with Gasteiger partial charge in [-0.25, -0.2) is 13.1 Å². The van der Waals surface area contributed by atoms with Crippen LogP contribution in [0.5, 0.6) is 0 Å². The molecule has 2 atom stereocenters. The molecule has 3 rings (SSSR count). The Hall–Kier alpha value is -2.01. The fourth-order valence-electron chi connectivity index (χ4n) is 3.62. The van der Waals surface area contributed by atoms with Crippen molar-refractivity contribution in [2.45, 2.75) is 49.7 Å². The number of rotatable bonds is 10. The lowest BCUT2D eigenvalue weighted by atomic mass is 10.2. The summed E-state index contributed by atoms with van der Waals surface area (Å²) in [5.74, 6) is -0.776. The smallest absolute Gasteiger partial charge is 0.241 e. The number of nitrogens with one attached hydrogen (secondary N) is 2. The van der Waals surface area contributed by atoms with Crippen LogP contribution in [-0.2, 0) is 29.1 Å². The highest BCUT2D eigenvalue weighted by Gasteiger charge is 2.26. The molecule has 2 N–H and O–H groups in total. The fourth-order valence-corrected chi connectivity index (χ4v) is 4.59. The van der Waals surface area contributed by atoms with Gasteiger partial charge in [0, 0.05) is 26.3 Å². The minimum absolute atomic E-state index is 0.00702. The van der Waals surface area contributed by atoms with Gasteiger partial charge in [0.2, 0.25) is 21.8 Å². The van der Waals surface area contributed by atoms with Crippen LogP contribution in [0.1, 0.15) is 31.2 Å². The highest BCUT2D eigenvalue weighted by molar-refractivity contribution is 7.89. The predicted molar refractivity (Wildman–Crippen MR) is 114 cm³/mol. The number of hydrogen-bond donors (Lipinski definition) is 2. The summed E-state index contributed by atoms with van der Waals surface area (Å²) < 4.78 is 38.4. The van der Waals surface area contributed by atoms with Gasteiger partial charge in [0.05, 0.1) is 30.2 Å². The van der Waals surface area contributed by atoms with Crippen LogP contribution < -0.4 is 10.0 Å². The van der Waals surface area contributed by atoms with Crippen LogP contribution in [-0.4, -0.2) is 76.7 Å². The van der Waals surface area contributed by atoms with Gasteiger partial charge >= 0.3 is 0 Å². The Morgan fingerprint density at radius 3 is 2.32 bits per heavy atom. The van der Waals surface area contributed by atoms with Gasteiger partial charge in [0.25, 0.3) is 0 Å². The zero-order valence-corrected chi connectivity index (χ0v) is 18.7. The number of carbonyl (C=O) groups excluding carboxylic acids is 2. The van der Waals surface area contributed by atoms with Crippen LogP contribution in [0.25, 0.3) is 0 Å². The molecule has 2 heterocycles. The van der Waals surface area contributed by atoms with E-state index in [1.807, 2.05) is 6.92 Å². The van der Waals surface area contributed by atoms with E-state index in [-0.39, 0.29) is 36.1 Å². The summed E-state index contributed by atoms with van der Waals surface area (Å²) in [7, 11) is -3.83. The van der Waals surface area contributed by atoms with Crippen LogP contribution in [0.2, 0.25) is 0 Å². The van der Waals surface area contributed by atoms with Gasteiger partial charge in [0.1, 0.15) is 0 Å². The van der Waals surface area contributed by atoms with E-state index in [2.05, 4.69) is 10.0 Å². The van der Waals surface area contributed by atoms with Crippen LogP contribution in [0.15, 0.2) is 29.2 Å². The summed E-state index contributed by atoms with van der Waals surface area (Å²) in [4.78, 5) is 26.6. The summed E-state index contributed by atoms with van der Waals surface area (Å²) in [5, 5.41) is 2.80. The van der Waals surface area contributed by atoms with Gasteiger partial charge < -0.3 is 19.7 Å². The SMILES string of the molecule is Cc1ccc(S(=O)(=O)NCC(=O)N(CC(=O)NC[C@H]2CCCO2)C[C@@H]2CCCO2)cc1. The Bertz CT molecular complexity index is 846. The fraction of sp³-hybridized carbons (Fsp3) is 0.619. The van der Waals surface area contributed by atoms with E-state index in [4.69, 9.17) is 9.47 Å². The van der Waals surface area contributed by atoms with Crippen molar-refractivity contribution in [1.82, 2.24) is 14.9 Å². The summed E-state index contributed by atoms with van der Waals surface area (Å²) in [6.07, 6.45) is 3.44. The Morgan fingerprint density at radius 1 is 1.06 bits per heavy atom. The predicted octanol–water partition coefficient (Wildman–Crippen LogP) is 0.576. The van der Waals surface area contributed by atoms with Crippen molar-refractivity contribution < 1.29 is 27.5 Å². The Morgan fingerprint density at radius 2 is 1.71 bits per heavy atom. The van der Waals surface area contributed by atoms with Crippen molar-refractivity contribution in [3.63, 3.8) is 0 Å².